The summed E-state index contributed by atoms with van der Waals surface area (Å²) in [5, 5.41) is 3.42. The molecule has 8 nitrogen and oxygen atoms in total. The number of carbonyl (C=O) groups excluding carboxylic acids is 1. The number of methoxy groups -OCH3 is 2. The smallest absolute Gasteiger partial charge is 0.322 e. The number of ether oxygens (including phenoxy) is 2. The molecule has 4 aromatic rings. The van der Waals surface area contributed by atoms with Crippen molar-refractivity contribution in [2.24, 2.45) is 0 Å². The van der Waals surface area contributed by atoms with Gasteiger partial charge in [-0.15, -0.1) is 0 Å². The van der Waals surface area contributed by atoms with Crippen LogP contribution in [0.15, 0.2) is 77.6 Å². The van der Waals surface area contributed by atoms with Gasteiger partial charge < -0.3 is 19.7 Å². The van der Waals surface area contributed by atoms with E-state index in [1.807, 2.05) is 74.5 Å². The predicted molar refractivity (Wildman–Crippen MR) is 141 cm³/mol. The molecule has 8 heteroatoms. The molecule has 4 rings (SSSR count). The van der Waals surface area contributed by atoms with E-state index in [4.69, 9.17) is 14.5 Å². The number of benzene rings is 3. The van der Waals surface area contributed by atoms with Crippen molar-refractivity contribution in [3.8, 4) is 11.4 Å². The van der Waals surface area contributed by atoms with Crippen LogP contribution in [-0.2, 0) is 4.74 Å². The van der Waals surface area contributed by atoms with Crippen molar-refractivity contribution in [3.63, 3.8) is 0 Å². The molecular formula is C28H30N4O4. The summed E-state index contributed by atoms with van der Waals surface area (Å²) >= 11 is 0. The Bertz CT molecular complexity index is 1420. The molecule has 186 valence electrons. The van der Waals surface area contributed by atoms with Crippen LogP contribution in [0.3, 0.4) is 0 Å². The fourth-order valence-electron chi connectivity index (χ4n) is 4.15. The van der Waals surface area contributed by atoms with Crippen LogP contribution in [0.1, 0.15) is 24.4 Å². The van der Waals surface area contributed by atoms with Crippen molar-refractivity contribution in [2.75, 3.05) is 32.7 Å². The molecule has 0 saturated carbocycles. The van der Waals surface area contributed by atoms with Crippen molar-refractivity contribution in [1.82, 2.24) is 14.5 Å². The van der Waals surface area contributed by atoms with E-state index in [0.29, 0.717) is 47.0 Å². The van der Waals surface area contributed by atoms with E-state index in [0.717, 1.165) is 5.56 Å². The number of para-hydroxylation sites is 2. The summed E-state index contributed by atoms with van der Waals surface area (Å²) < 4.78 is 12.4. The van der Waals surface area contributed by atoms with Gasteiger partial charge in [-0.25, -0.2) is 9.78 Å². The lowest BCUT2D eigenvalue weighted by molar-refractivity contribution is 0.137. The molecule has 36 heavy (non-hydrogen) atoms. The highest BCUT2D eigenvalue weighted by atomic mass is 16.5. The molecule has 1 unspecified atom stereocenters. The number of hydrogen-bond donors (Lipinski definition) is 1. The van der Waals surface area contributed by atoms with E-state index in [1.165, 1.54) is 0 Å². The van der Waals surface area contributed by atoms with Gasteiger partial charge in [-0.1, -0.05) is 36.4 Å². The zero-order valence-corrected chi connectivity index (χ0v) is 20.9. The van der Waals surface area contributed by atoms with Gasteiger partial charge in [-0.2, -0.15) is 0 Å². The Morgan fingerprint density at radius 3 is 2.50 bits per heavy atom. The second-order valence-corrected chi connectivity index (χ2v) is 8.46. The number of fused-ring (bicyclic) bond motifs is 1. The van der Waals surface area contributed by atoms with Crippen LogP contribution < -0.4 is 15.6 Å². The monoisotopic (exact) mass is 486 g/mol. The molecule has 1 atom stereocenters. The van der Waals surface area contributed by atoms with Crippen molar-refractivity contribution in [1.29, 1.82) is 0 Å². The molecule has 0 fully saturated rings. The Labute approximate surface area is 210 Å². The van der Waals surface area contributed by atoms with E-state index in [9.17, 15) is 9.59 Å². The molecule has 0 saturated heterocycles. The number of anilines is 1. The highest BCUT2D eigenvalue weighted by Gasteiger charge is 2.28. The number of nitrogens with zero attached hydrogens (tertiary/aromatic N) is 3. The second-order valence-electron chi connectivity index (χ2n) is 8.46. The zero-order valence-electron chi connectivity index (χ0n) is 20.9. The summed E-state index contributed by atoms with van der Waals surface area (Å²) in [4.78, 5) is 33.8. The topological polar surface area (TPSA) is 85.7 Å². The summed E-state index contributed by atoms with van der Waals surface area (Å²) in [5.74, 6) is 0.951. The molecular weight excluding hydrogens is 456 g/mol. The molecule has 1 N–H and O–H groups in total. The first-order valence-electron chi connectivity index (χ1n) is 11.7. The minimum Gasteiger partial charge on any atom is -0.495 e. The van der Waals surface area contributed by atoms with Crippen LogP contribution in [0.4, 0.5) is 10.5 Å². The van der Waals surface area contributed by atoms with Crippen molar-refractivity contribution >= 4 is 22.6 Å². The van der Waals surface area contributed by atoms with Gasteiger partial charge in [-0.3, -0.25) is 9.36 Å². The van der Waals surface area contributed by atoms with E-state index in [1.54, 1.807) is 35.8 Å². The third-order valence-electron chi connectivity index (χ3n) is 6.04. The van der Waals surface area contributed by atoms with Gasteiger partial charge in [0.1, 0.15) is 11.6 Å². The Hall–Kier alpha value is -4.17. The molecule has 0 aliphatic heterocycles. The highest BCUT2D eigenvalue weighted by molar-refractivity contribution is 5.89. The normalized spacial score (nSPS) is 11.8. The second kappa shape index (κ2) is 11.0. The van der Waals surface area contributed by atoms with Crippen LogP contribution in [0.5, 0.6) is 5.75 Å². The fourth-order valence-corrected chi connectivity index (χ4v) is 4.15. The first-order valence-corrected chi connectivity index (χ1v) is 11.7. The van der Waals surface area contributed by atoms with Crippen LogP contribution in [-0.4, -0.2) is 47.9 Å². The molecule has 2 amide bonds. The largest absolute Gasteiger partial charge is 0.495 e. The summed E-state index contributed by atoms with van der Waals surface area (Å²) in [6, 6.07) is 21.2. The first kappa shape index (κ1) is 24.9. The van der Waals surface area contributed by atoms with E-state index >= 15 is 0 Å². The van der Waals surface area contributed by atoms with E-state index < -0.39 is 6.04 Å². The fraction of sp³-hybridized carbons (Fsp3) is 0.250. The third-order valence-corrected chi connectivity index (χ3v) is 6.04. The average molecular weight is 487 g/mol. The SMILES string of the molecule is COCCN(C(=O)Nc1ccccc1)C(C)c1nc2ccccc2c(=O)n1-c1cc(C)ccc1OC. The maximum atomic E-state index is 13.9. The molecule has 0 aliphatic rings. The van der Waals surface area contributed by atoms with Crippen LogP contribution in [0.2, 0.25) is 0 Å². The van der Waals surface area contributed by atoms with Crippen molar-refractivity contribution in [3.05, 3.63) is 94.5 Å². The lowest BCUT2D eigenvalue weighted by atomic mass is 10.1. The lowest BCUT2D eigenvalue weighted by Gasteiger charge is -2.30. The highest BCUT2D eigenvalue weighted by Crippen LogP contribution is 2.29. The van der Waals surface area contributed by atoms with Crippen molar-refractivity contribution in [2.45, 2.75) is 19.9 Å². The van der Waals surface area contributed by atoms with Gasteiger partial charge in [0.25, 0.3) is 5.56 Å². The Balaban J connectivity index is 1.89. The molecule has 0 spiro atoms. The van der Waals surface area contributed by atoms with Crippen LogP contribution >= 0.6 is 0 Å². The van der Waals surface area contributed by atoms with Crippen LogP contribution in [0, 0.1) is 6.92 Å². The minimum atomic E-state index is -0.577. The number of hydrogen-bond acceptors (Lipinski definition) is 5. The average Bonchev–Trinajstić information content (AvgIpc) is 2.89. The number of nitrogens with one attached hydrogen (secondary N) is 1. The maximum Gasteiger partial charge on any atom is 0.322 e. The van der Waals surface area contributed by atoms with Gasteiger partial charge in [-0.05, 0) is 55.8 Å². The first-order chi connectivity index (χ1) is 17.4. The molecule has 1 heterocycles. The number of carbonyl (C=O) groups is 1. The molecule has 0 aliphatic carbocycles. The van der Waals surface area contributed by atoms with Gasteiger partial charge >= 0.3 is 6.03 Å². The molecule has 1 aromatic heterocycles. The summed E-state index contributed by atoms with van der Waals surface area (Å²) in [5.41, 5.74) is 2.52. The number of amides is 2. The van der Waals surface area contributed by atoms with Crippen molar-refractivity contribution < 1.29 is 14.3 Å². The van der Waals surface area contributed by atoms with E-state index in [-0.39, 0.29) is 11.6 Å². The predicted octanol–water partition coefficient (Wildman–Crippen LogP) is 4.94. The van der Waals surface area contributed by atoms with Gasteiger partial charge in [0.2, 0.25) is 0 Å². The standard InChI is InChI=1S/C28H30N4O4/c1-19-14-15-25(36-4)24(18-19)32-26(30-23-13-9-8-12-22(23)27(32)33)20(2)31(16-17-35-3)28(34)29-21-10-6-5-7-11-21/h5-15,18,20H,16-17H2,1-4H3,(H,29,34). The summed E-state index contributed by atoms with van der Waals surface area (Å²) in [6.07, 6.45) is 0. The number of aryl methyl sites for hydroxylation is 1. The lowest BCUT2D eigenvalue weighted by Crippen LogP contribution is -2.41. The quantitative estimate of drug-likeness (QED) is 0.381. The summed E-state index contributed by atoms with van der Waals surface area (Å²) in [6.45, 7) is 4.42. The van der Waals surface area contributed by atoms with Gasteiger partial charge in [0.05, 0.1) is 36.3 Å². The maximum absolute atomic E-state index is 13.9. The van der Waals surface area contributed by atoms with Gasteiger partial charge in [0, 0.05) is 19.3 Å². The van der Waals surface area contributed by atoms with Gasteiger partial charge in [0.15, 0.2) is 0 Å². The summed E-state index contributed by atoms with van der Waals surface area (Å²) in [7, 11) is 3.15. The third kappa shape index (κ3) is 5.08. The Morgan fingerprint density at radius 2 is 1.78 bits per heavy atom. The molecule has 3 aromatic carbocycles. The zero-order chi connectivity index (χ0) is 25.7. The number of aromatic nitrogens is 2. The molecule has 0 radical (unpaired) electrons. The Morgan fingerprint density at radius 1 is 1.06 bits per heavy atom. The number of urea groups is 1. The minimum absolute atomic E-state index is 0.235. The number of rotatable bonds is 8. The van der Waals surface area contributed by atoms with Crippen LogP contribution in [0.25, 0.3) is 16.6 Å². The molecule has 0 bridgehead atoms. The van der Waals surface area contributed by atoms with E-state index in [2.05, 4.69) is 5.32 Å². The Kier molecular flexibility index (Phi) is 7.65.